The second kappa shape index (κ2) is 6.72. The Hall–Kier alpha value is -2.88. The van der Waals surface area contributed by atoms with Crippen LogP contribution in [0.3, 0.4) is 0 Å². The monoisotopic (exact) mass is 292 g/mol. The van der Waals surface area contributed by atoms with Crippen LogP contribution in [0.1, 0.15) is 22.7 Å². The maximum atomic E-state index is 12.7. The highest BCUT2D eigenvalue weighted by molar-refractivity contribution is 5.87. The molecule has 4 heteroatoms. The van der Waals surface area contributed by atoms with Gasteiger partial charge in [0.15, 0.2) is 6.39 Å². The minimum Gasteiger partial charge on any atom is -0.451 e. The van der Waals surface area contributed by atoms with Crippen LogP contribution in [0, 0.1) is 0 Å². The van der Waals surface area contributed by atoms with Gasteiger partial charge >= 0.3 is 0 Å². The lowest BCUT2D eigenvalue weighted by atomic mass is 9.90. The van der Waals surface area contributed by atoms with E-state index in [1.165, 1.54) is 12.7 Å². The molecule has 0 saturated carbocycles. The molecule has 110 valence electrons. The van der Waals surface area contributed by atoms with E-state index in [1.807, 2.05) is 60.7 Å². The fourth-order valence-electron chi connectivity index (χ4n) is 2.39. The molecule has 1 amide bonds. The van der Waals surface area contributed by atoms with Crippen molar-refractivity contribution in [1.29, 1.82) is 0 Å². The van der Waals surface area contributed by atoms with Gasteiger partial charge in [-0.15, -0.1) is 0 Å². The first-order valence-electron chi connectivity index (χ1n) is 7.09. The van der Waals surface area contributed by atoms with Crippen molar-refractivity contribution in [2.75, 3.05) is 0 Å². The van der Waals surface area contributed by atoms with Crippen LogP contribution in [-0.4, -0.2) is 10.9 Å². The molecule has 3 aromatic rings. The summed E-state index contributed by atoms with van der Waals surface area (Å²) in [6, 6.07) is 19.5. The molecule has 2 aromatic carbocycles. The number of benzene rings is 2. The first-order valence-corrected chi connectivity index (χ1v) is 7.09. The van der Waals surface area contributed by atoms with Crippen LogP contribution in [-0.2, 0) is 11.3 Å². The molecular formula is C18H16N2O2. The van der Waals surface area contributed by atoms with Crippen LogP contribution in [0.5, 0.6) is 0 Å². The van der Waals surface area contributed by atoms with Crippen LogP contribution in [0.2, 0.25) is 0 Å². The van der Waals surface area contributed by atoms with Crippen molar-refractivity contribution in [2.24, 2.45) is 0 Å². The van der Waals surface area contributed by atoms with Crippen molar-refractivity contribution in [1.82, 2.24) is 10.3 Å². The highest BCUT2D eigenvalue weighted by atomic mass is 16.3. The maximum absolute atomic E-state index is 12.7. The summed E-state index contributed by atoms with van der Waals surface area (Å²) in [5.41, 5.74) is 2.63. The summed E-state index contributed by atoms with van der Waals surface area (Å²) >= 11 is 0. The molecule has 0 radical (unpaired) electrons. The van der Waals surface area contributed by atoms with Gasteiger partial charge in [-0.05, 0) is 11.1 Å². The zero-order chi connectivity index (χ0) is 15.2. The van der Waals surface area contributed by atoms with Gasteiger partial charge in [0.2, 0.25) is 5.91 Å². The normalized spacial score (nSPS) is 10.6. The average Bonchev–Trinajstić information content (AvgIpc) is 3.09. The zero-order valence-electron chi connectivity index (χ0n) is 12.0. The Morgan fingerprint density at radius 1 is 1.00 bits per heavy atom. The van der Waals surface area contributed by atoms with E-state index in [4.69, 9.17) is 4.42 Å². The largest absolute Gasteiger partial charge is 0.451 e. The number of carbonyl (C=O) groups excluding carboxylic acids is 1. The van der Waals surface area contributed by atoms with Gasteiger partial charge in [0.05, 0.1) is 18.2 Å². The molecular weight excluding hydrogens is 276 g/mol. The van der Waals surface area contributed by atoms with Gasteiger partial charge in [-0.1, -0.05) is 60.7 Å². The molecule has 0 bridgehead atoms. The third-order valence-corrected chi connectivity index (χ3v) is 3.46. The molecule has 0 atom stereocenters. The van der Waals surface area contributed by atoms with Crippen molar-refractivity contribution in [3.05, 3.63) is 90.1 Å². The van der Waals surface area contributed by atoms with E-state index >= 15 is 0 Å². The first kappa shape index (κ1) is 14.1. The third-order valence-electron chi connectivity index (χ3n) is 3.46. The van der Waals surface area contributed by atoms with Crippen molar-refractivity contribution in [3.8, 4) is 0 Å². The van der Waals surface area contributed by atoms with Gasteiger partial charge in [-0.2, -0.15) is 0 Å². The smallest absolute Gasteiger partial charge is 0.232 e. The van der Waals surface area contributed by atoms with Crippen LogP contribution >= 0.6 is 0 Å². The molecule has 0 aliphatic carbocycles. The Bertz CT molecular complexity index is 670. The number of oxazole rings is 1. The molecule has 0 saturated heterocycles. The van der Waals surface area contributed by atoms with E-state index in [0.29, 0.717) is 12.2 Å². The SMILES string of the molecule is O=C(NCc1cocn1)C(c1ccccc1)c1ccccc1. The molecule has 3 rings (SSSR count). The summed E-state index contributed by atoms with van der Waals surface area (Å²) in [5, 5.41) is 2.92. The number of nitrogens with zero attached hydrogens (tertiary/aromatic N) is 1. The van der Waals surface area contributed by atoms with E-state index < -0.39 is 0 Å². The van der Waals surface area contributed by atoms with Gasteiger partial charge < -0.3 is 9.73 Å². The summed E-state index contributed by atoms with van der Waals surface area (Å²) in [5.74, 6) is -0.394. The number of nitrogens with one attached hydrogen (secondary N) is 1. The molecule has 0 fully saturated rings. The van der Waals surface area contributed by atoms with Crippen molar-refractivity contribution < 1.29 is 9.21 Å². The molecule has 1 aromatic heterocycles. The van der Waals surface area contributed by atoms with Crippen LogP contribution in [0.4, 0.5) is 0 Å². The highest BCUT2D eigenvalue weighted by Gasteiger charge is 2.22. The topological polar surface area (TPSA) is 55.1 Å². The summed E-state index contributed by atoms with van der Waals surface area (Å²) in [6.07, 6.45) is 2.88. The lowest BCUT2D eigenvalue weighted by Crippen LogP contribution is -2.29. The fraction of sp³-hybridized carbons (Fsp3) is 0.111. The van der Waals surface area contributed by atoms with Crippen LogP contribution < -0.4 is 5.32 Å². The van der Waals surface area contributed by atoms with Crippen LogP contribution in [0.25, 0.3) is 0 Å². The van der Waals surface area contributed by atoms with Gasteiger partial charge in [-0.3, -0.25) is 4.79 Å². The highest BCUT2D eigenvalue weighted by Crippen LogP contribution is 2.24. The Kier molecular flexibility index (Phi) is 4.30. The summed E-state index contributed by atoms with van der Waals surface area (Å²) < 4.78 is 4.91. The molecule has 1 heterocycles. The number of aromatic nitrogens is 1. The molecule has 4 nitrogen and oxygen atoms in total. The molecule has 0 aliphatic heterocycles. The summed E-state index contributed by atoms with van der Waals surface area (Å²) in [6.45, 7) is 0.353. The summed E-state index contributed by atoms with van der Waals surface area (Å²) in [4.78, 5) is 16.7. The van der Waals surface area contributed by atoms with E-state index in [2.05, 4.69) is 10.3 Å². The number of rotatable bonds is 5. The summed E-state index contributed by atoms with van der Waals surface area (Å²) in [7, 11) is 0. The minimum atomic E-state index is -0.339. The zero-order valence-corrected chi connectivity index (χ0v) is 12.0. The number of hydrogen-bond acceptors (Lipinski definition) is 3. The second-order valence-corrected chi connectivity index (χ2v) is 4.95. The number of hydrogen-bond donors (Lipinski definition) is 1. The maximum Gasteiger partial charge on any atom is 0.232 e. The molecule has 1 N–H and O–H groups in total. The van der Waals surface area contributed by atoms with E-state index in [0.717, 1.165) is 11.1 Å². The Morgan fingerprint density at radius 3 is 2.09 bits per heavy atom. The number of carbonyl (C=O) groups is 1. The molecule has 0 spiro atoms. The van der Waals surface area contributed by atoms with Gasteiger partial charge in [0.25, 0.3) is 0 Å². The predicted octanol–water partition coefficient (Wildman–Crippen LogP) is 3.12. The quantitative estimate of drug-likeness (QED) is 0.786. The van der Waals surface area contributed by atoms with Crippen molar-refractivity contribution in [2.45, 2.75) is 12.5 Å². The van der Waals surface area contributed by atoms with E-state index in [-0.39, 0.29) is 11.8 Å². The Labute approximate surface area is 128 Å². The fourth-order valence-corrected chi connectivity index (χ4v) is 2.39. The van der Waals surface area contributed by atoms with E-state index in [1.54, 1.807) is 0 Å². The Balaban J connectivity index is 1.83. The van der Waals surface area contributed by atoms with Crippen LogP contribution in [0.15, 0.2) is 77.7 Å². The predicted molar refractivity (Wildman–Crippen MR) is 83.1 cm³/mol. The molecule has 0 aliphatic rings. The van der Waals surface area contributed by atoms with Crippen molar-refractivity contribution in [3.63, 3.8) is 0 Å². The lowest BCUT2D eigenvalue weighted by molar-refractivity contribution is -0.121. The van der Waals surface area contributed by atoms with Gasteiger partial charge in [-0.25, -0.2) is 4.98 Å². The lowest BCUT2D eigenvalue weighted by Gasteiger charge is -2.17. The molecule has 0 unspecified atom stereocenters. The van der Waals surface area contributed by atoms with Gasteiger partial charge in [0, 0.05) is 0 Å². The average molecular weight is 292 g/mol. The Morgan fingerprint density at radius 2 is 1.59 bits per heavy atom. The first-order chi connectivity index (χ1) is 10.8. The van der Waals surface area contributed by atoms with Crippen molar-refractivity contribution >= 4 is 5.91 Å². The standard InChI is InChI=1S/C18H16N2O2/c21-18(19-11-16-12-22-13-20-16)17(14-7-3-1-4-8-14)15-9-5-2-6-10-15/h1-10,12-13,17H,11H2,(H,19,21). The number of amides is 1. The minimum absolute atomic E-state index is 0.0552. The molecule has 22 heavy (non-hydrogen) atoms. The van der Waals surface area contributed by atoms with E-state index in [9.17, 15) is 4.79 Å². The third kappa shape index (κ3) is 3.23. The van der Waals surface area contributed by atoms with Gasteiger partial charge in [0.1, 0.15) is 6.26 Å². The second-order valence-electron chi connectivity index (χ2n) is 4.95.